The zero-order chi connectivity index (χ0) is 15.3. The van der Waals surface area contributed by atoms with Crippen LogP contribution in [0.4, 0.5) is 0 Å². The molecule has 110 valence electrons. The highest BCUT2D eigenvalue weighted by molar-refractivity contribution is 6.63. The maximum Gasteiger partial charge on any atom is 0.498 e. The molecule has 3 rings (SSSR count). The summed E-state index contributed by atoms with van der Waals surface area (Å²) in [6.07, 6.45) is 1.98. The van der Waals surface area contributed by atoms with Gasteiger partial charge >= 0.3 is 7.12 Å². The van der Waals surface area contributed by atoms with E-state index in [0.29, 0.717) is 0 Å². The monoisotopic (exact) mass is 284 g/mol. The predicted molar refractivity (Wildman–Crippen MR) is 84.4 cm³/mol. The molecule has 0 aliphatic carbocycles. The van der Waals surface area contributed by atoms with Crippen LogP contribution in [0.1, 0.15) is 27.7 Å². The van der Waals surface area contributed by atoms with E-state index >= 15 is 0 Å². The molecular formula is C16H21BN2O2. The van der Waals surface area contributed by atoms with E-state index in [-0.39, 0.29) is 18.3 Å². The van der Waals surface area contributed by atoms with Crippen LogP contribution in [0.15, 0.2) is 36.5 Å². The number of hydrogen-bond donors (Lipinski definition) is 0. The van der Waals surface area contributed by atoms with E-state index in [4.69, 9.17) is 9.31 Å². The molecule has 5 heteroatoms. The number of rotatable bonds is 2. The van der Waals surface area contributed by atoms with Gasteiger partial charge in [-0.1, -0.05) is 30.3 Å². The van der Waals surface area contributed by atoms with Gasteiger partial charge < -0.3 is 9.31 Å². The summed E-state index contributed by atoms with van der Waals surface area (Å²) in [5.41, 5.74) is 2.27. The van der Waals surface area contributed by atoms with Crippen molar-refractivity contribution in [1.29, 1.82) is 0 Å². The molecule has 4 nitrogen and oxygen atoms in total. The fourth-order valence-electron chi connectivity index (χ4n) is 2.47. The highest BCUT2D eigenvalue weighted by atomic mass is 16.7. The second kappa shape index (κ2) is 4.72. The van der Waals surface area contributed by atoms with Gasteiger partial charge in [0.1, 0.15) is 0 Å². The van der Waals surface area contributed by atoms with Gasteiger partial charge in [0, 0.05) is 24.3 Å². The maximum atomic E-state index is 6.15. The minimum atomic E-state index is -0.390. The molecule has 1 aliphatic rings. The Labute approximate surface area is 126 Å². The Hall–Kier alpha value is -1.59. The summed E-state index contributed by atoms with van der Waals surface area (Å²) >= 11 is 0. The van der Waals surface area contributed by atoms with Crippen molar-refractivity contribution in [3.8, 4) is 11.3 Å². The fourth-order valence-corrected chi connectivity index (χ4v) is 2.47. The molecule has 0 bridgehead atoms. The van der Waals surface area contributed by atoms with Gasteiger partial charge in [-0.25, -0.2) is 0 Å². The molecule has 0 radical (unpaired) electrons. The number of benzene rings is 1. The van der Waals surface area contributed by atoms with Crippen molar-refractivity contribution in [2.75, 3.05) is 0 Å². The first-order valence-corrected chi connectivity index (χ1v) is 7.25. The molecule has 1 aromatic carbocycles. The molecule has 1 aromatic heterocycles. The van der Waals surface area contributed by atoms with Crippen LogP contribution in [0.2, 0.25) is 0 Å². The number of hydrogen-bond acceptors (Lipinski definition) is 3. The molecule has 2 heterocycles. The molecule has 0 spiro atoms. The summed E-state index contributed by atoms with van der Waals surface area (Å²) in [6, 6.07) is 10.1. The topological polar surface area (TPSA) is 36.3 Å². The maximum absolute atomic E-state index is 6.15. The van der Waals surface area contributed by atoms with E-state index in [0.717, 1.165) is 16.7 Å². The van der Waals surface area contributed by atoms with Crippen LogP contribution in [0.3, 0.4) is 0 Å². The molecule has 0 saturated carbocycles. The van der Waals surface area contributed by atoms with Gasteiger partial charge in [0.25, 0.3) is 0 Å². The van der Waals surface area contributed by atoms with Crippen molar-refractivity contribution in [2.45, 2.75) is 38.9 Å². The third kappa shape index (κ3) is 2.41. The number of nitrogens with zero attached hydrogens (tertiary/aromatic N) is 2. The molecule has 0 atom stereocenters. The van der Waals surface area contributed by atoms with E-state index in [1.165, 1.54) is 0 Å². The zero-order valence-corrected chi connectivity index (χ0v) is 13.3. The van der Waals surface area contributed by atoms with Crippen molar-refractivity contribution in [1.82, 2.24) is 9.78 Å². The summed E-state index contributed by atoms with van der Waals surface area (Å²) < 4.78 is 14.1. The largest absolute Gasteiger partial charge is 0.498 e. The van der Waals surface area contributed by atoms with Crippen LogP contribution in [0.5, 0.6) is 0 Å². The lowest BCUT2D eigenvalue weighted by molar-refractivity contribution is 0.00578. The number of aryl methyl sites for hydroxylation is 1. The molecule has 0 amide bonds. The average Bonchev–Trinajstić information content (AvgIpc) is 2.89. The molecule has 21 heavy (non-hydrogen) atoms. The van der Waals surface area contributed by atoms with Gasteiger partial charge in [0.15, 0.2) is 0 Å². The van der Waals surface area contributed by atoms with E-state index in [2.05, 4.69) is 44.9 Å². The van der Waals surface area contributed by atoms with Crippen LogP contribution in [0, 0.1) is 0 Å². The van der Waals surface area contributed by atoms with Gasteiger partial charge in [-0.2, -0.15) is 5.10 Å². The Morgan fingerprint density at radius 2 is 1.57 bits per heavy atom. The summed E-state index contributed by atoms with van der Waals surface area (Å²) in [7, 11) is 1.53. The summed E-state index contributed by atoms with van der Waals surface area (Å²) in [4.78, 5) is 0. The molecular weight excluding hydrogens is 263 g/mol. The summed E-state index contributed by atoms with van der Waals surface area (Å²) in [6.45, 7) is 8.24. The van der Waals surface area contributed by atoms with E-state index in [9.17, 15) is 0 Å². The SMILES string of the molecule is Cn1cc(B2OC(C)(C)C(C)(C)O2)c(-c2ccccc2)n1. The fraction of sp³-hybridized carbons (Fsp3) is 0.438. The average molecular weight is 284 g/mol. The van der Waals surface area contributed by atoms with Crippen molar-refractivity contribution >= 4 is 12.6 Å². The van der Waals surface area contributed by atoms with Gasteiger partial charge in [-0.05, 0) is 27.7 Å². The first-order chi connectivity index (χ1) is 9.80. The third-order valence-corrected chi connectivity index (χ3v) is 4.41. The molecule has 1 fully saturated rings. The Kier molecular flexibility index (Phi) is 3.22. The number of aromatic nitrogens is 2. The zero-order valence-electron chi connectivity index (χ0n) is 13.3. The van der Waals surface area contributed by atoms with Crippen LogP contribution in [0.25, 0.3) is 11.3 Å². The van der Waals surface area contributed by atoms with Crippen LogP contribution >= 0.6 is 0 Å². The Bertz CT molecular complexity index is 634. The predicted octanol–water partition coefficient (Wildman–Crippen LogP) is 2.39. The van der Waals surface area contributed by atoms with Crippen molar-refractivity contribution in [3.63, 3.8) is 0 Å². The van der Waals surface area contributed by atoms with Gasteiger partial charge in [0.2, 0.25) is 0 Å². The third-order valence-electron chi connectivity index (χ3n) is 4.41. The summed E-state index contributed by atoms with van der Waals surface area (Å²) in [5, 5.41) is 4.58. The Morgan fingerprint density at radius 1 is 1.00 bits per heavy atom. The van der Waals surface area contributed by atoms with Gasteiger partial charge in [0.05, 0.1) is 16.9 Å². The minimum Gasteiger partial charge on any atom is -0.399 e. The highest BCUT2D eigenvalue weighted by Gasteiger charge is 2.52. The van der Waals surface area contributed by atoms with Crippen LogP contribution < -0.4 is 5.46 Å². The molecule has 1 aliphatic heterocycles. The van der Waals surface area contributed by atoms with E-state index in [1.807, 2.05) is 36.1 Å². The minimum absolute atomic E-state index is 0.346. The van der Waals surface area contributed by atoms with E-state index < -0.39 is 0 Å². The molecule has 0 N–H and O–H groups in total. The molecule has 1 saturated heterocycles. The highest BCUT2D eigenvalue weighted by Crippen LogP contribution is 2.37. The smallest absolute Gasteiger partial charge is 0.399 e. The molecule has 0 unspecified atom stereocenters. The van der Waals surface area contributed by atoms with Crippen LogP contribution in [-0.2, 0) is 16.4 Å². The molecule has 2 aromatic rings. The normalized spacial score (nSPS) is 20.0. The first kappa shape index (κ1) is 14.4. The van der Waals surface area contributed by atoms with Gasteiger partial charge in [-0.3, -0.25) is 4.68 Å². The Morgan fingerprint density at radius 3 is 2.14 bits per heavy atom. The summed E-state index contributed by atoms with van der Waals surface area (Å²) in [5.74, 6) is 0. The first-order valence-electron chi connectivity index (χ1n) is 7.25. The van der Waals surface area contributed by atoms with Crippen LogP contribution in [-0.4, -0.2) is 28.1 Å². The van der Waals surface area contributed by atoms with Gasteiger partial charge in [-0.15, -0.1) is 0 Å². The lowest BCUT2D eigenvalue weighted by Gasteiger charge is -2.32. The van der Waals surface area contributed by atoms with Crippen molar-refractivity contribution in [3.05, 3.63) is 36.5 Å². The standard InChI is InChI=1S/C16H21BN2O2/c1-15(2)16(3,4)21-17(20-15)13-11-19(5)18-14(13)12-9-7-6-8-10-12/h6-11H,1-5H3. The lowest BCUT2D eigenvalue weighted by Crippen LogP contribution is -2.41. The quantitative estimate of drug-likeness (QED) is 0.794. The Balaban J connectivity index is 2.02. The second-order valence-corrected chi connectivity index (χ2v) is 6.56. The van der Waals surface area contributed by atoms with E-state index in [1.54, 1.807) is 0 Å². The lowest BCUT2D eigenvalue weighted by atomic mass is 9.78. The van der Waals surface area contributed by atoms with Crippen molar-refractivity contribution < 1.29 is 9.31 Å². The van der Waals surface area contributed by atoms with Crippen molar-refractivity contribution in [2.24, 2.45) is 7.05 Å². The second-order valence-electron chi connectivity index (χ2n) is 6.56.